The highest BCUT2D eigenvalue weighted by atomic mass is 19.1. The predicted molar refractivity (Wildman–Crippen MR) is 79.7 cm³/mol. The molecule has 21 heavy (non-hydrogen) atoms. The van der Waals surface area contributed by atoms with Gasteiger partial charge in [-0.05, 0) is 44.5 Å². The van der Waals surface area contributed by atoms with Crippen molar-refractivity contribution in [3.8, 4) is 0 Å². The van der Waals surface area contributed by atoms with Gasteiger partial charge in [0.25, 0.3) is 0 Å². The van der Waals surface area contributed by atoms with Gasteiger partial charge in [0.15, 0.2) is 0 Å². The topological polar surface area (TPSA) is 43.8 Å². The normalized spacial score (nSPS) is 18.9. The van der Waals surface area contributed by atoms with E-state index in [2.05, 4.69) is 11.8 Å². The lowest BCUT2D eigenvalue weighted by molar-refractivity contribution is -0.138. The Morgan fingerprint density at radius 3 is 2.48 bits per heavy atom. The molecule has 0 spiro atoms. The van der Waals surface area contributed by atoms with Gasteiger partial charge >= 0.3 is 5.97 Å². The Hall–Kier alpha value is -1.46. The van der Waals surface area contributed by atoms with Crippen LogP contribution in [-0.4, -0.2) is 53.6 Å². The molecule has 1 aliphatic heterocycles. The molecule has 0 aliphatic carbocycles. The summed E-state index contributed by atoms with van der Waals surface area (Å²) in [6, 6.07) is 7.26. The van der Waals surface area contributed by atoms with Crippen molar-refractivity contribution in [2.75, 3.05) is 26.7 Å². The van der Waals surface area contributed by atoms with Gasteiger partial charge in [-0.3, -0.25) is 14.6 Å². The number of likely N-dealkylation sites (tertiary alicyclic amines) is 1. The summed E-state index contributed by atoms with van der Waals surface area (Å²) in [5.74, 6) is -0.987. The summed E-state index contributed by atoms with van der Waals surface area (Å²) in [4.78, 5) is 15.0. The van der Waals surface area contributed by atoms with E-state index in [-0.39, 0.29) is 18.4 Å². The molecular weight excluding hydrogens is 271 g/mol. The number of carbonyl (C=O) groups is 1. The summed E-state index contributed by atoms with van der Waals surface area (Å²) in [7, 11) is 1.87. The predicted octanol–water partition coefficient (Wildman–Crippen LogP) is 2.37. The molecule has 1 heterocycles. The summed E-state index contributed by atoms with van der Waals surface area (Å²) < 4.78 is 13.0. The Bertz CT molecular complexity index is 470. The van der Waals surface area contributed by atoms with Gasteiger partial charge in [0.05, 0.1) is 6.54 Å². The third kappa shape index (κ3) is 4.25. The molecule has 0 bridgehead atoms. The second-order valence-electron chi connectivity index (χ2n) is 5.80. The maximum absolute atomic E-state index is 13.0. The van der Waals surface area contributed by atoms with Crippen molar-refractivity contribution in [3.05, 3.63) is 35.6 Å². The van der Waals surface area contributed by atoms with Gasteiger partial charge in [0.1, 0.15) is 5.82 Å². The molecule has 1 aromatic rings. The van der Waals surface area contributed by atoms with Crippen molar-refractivity contribution in [2.24, 2.45) is 0 Å². The molecule has 1 fully saturated rings. The smallest absolute Gasteiger partial charge is 0.317 e. The monoisotopic (exact) mass is 294 g/mol. The van der Waals surface area contributed by atoms with Crippen molar-refractivity contribution in [2.45, 2.75) is 31.8 Å². The third-order valence-electron chi connectivity index (χ3n) is 4.41. The molecule has 1 N–H and O–H groups in total. The van der Waals surface area contributed by atoms with Crippen LogP contribution in [0.5, 0.6) is 0 Å². The third-order valence-corrected chi connectivity index (χ3v) is 4.41. The van der Waals surface area contributed by atoms with E-state index in [0.29, 0.717) is 6.04 Å². The fourth-order valence-corrected chi connectivity index (χ4v) is 3.01. The lowest BCUT2D eigenvalue weighted by atomic mass is 9.99. The van der Waals surface area contributed by atoms with Crippen molar-refractivity contribution in [1.82, 2.24) is 9.80 Å². The van der Waals surface area contributed by atoms with Gasteiger partial charge < -0.3 is 5.11 Å². The van der Waals surface area contributed by atoms with Gasteiger partial charge in [-0.15, -0.1) is 0 Å². The number of nitrogens with zero attached hydrogens (tertiary/aromatic N) is 2. The molecule has 5 heteroatoms. The maximum atomic E-state index is 13.0. The summed E-state index contributed by atoms with van der Waals surface area (Å²) in [5, 5.41) is 8.84. The van der Waals surface area contributed by atoms with Crippen molar-refractivity contribution >= 4 is 5.97 Å². The van der Waals surface area contributed by atoms with Gasteiger partial charge in [-0.25, -0.2) is 4.39 Å². The lowest BCUT2D eigenvalue weighted by Crippen LogP contribution is -2.45. The molecule has 1 atom stereocenters. The summed E-state index contributed by atoms with van der Waals surface area (Å²) >= 11 is 0. The Balaban J connectivity index is 1.88. The quantitative estimate of drug-likeness (QED) is 0.905. The van der Waals surface area contributed by atoms with Crippen LogP contribution in [0.1, 0.15) is 31.4 Å². The number of halogens is 1. The second-order valence-corrected chi connectivity index (χ2v) is 5.80. The minimum absolute atomic E-state index is 0.0954. The number of benzene rings is 1. The molecule has 1 aromatic carbocycles. The van der Waals surface area contributed by atoms with E-state index in [0.717, 1.165) is 31.5 Å². The molecule has 1 saturated heterocycles. The van der Waals surface area contributed by atoms with E-state index >= 15 is 0 Å². The molecule has 0 saturated carbocycles. The summed E-state index contributed by atoms with van der Waals surface area (Å²) in [5.41, 5.74) is 1.12. The van der Waals surface area contributed by atoms with E-state index < -0.39 is 5.97 Å². The molecule has 0 radical (unpaired) electrons. The molecule has 0 aromatic heterocycles. The van der Waals surface area contributed by atoms with Crippen molar-refractivity contribution < 1.29 is 14.3 Å². The van der Waals surface area contributed by atoms with E-state index in [1.165, 1.54) is 12.1 Å². The van der Waals surface area contributed by atoms with Crippen LogP contribution in [-0.2, 0) is 4.79 Å². The van der Waals surface area contributed by atoms with Crippen LogP contribution in [0, 0.1) is 5.82 Å². The van der Waals surface area contributed by atoms with Crippen LogP contribution in [0.3, 0.4) is 0 Å². The molecule has 4 nitrogen and oxygen atoms in total. The first-order chi connectivity index (χ1) is 9.97. The lowest BCUT2D eigenvalue weighted by Gasteiger charge is -2.39. The SMILES string of the molecule is CC(c1ccc(F)cc1)N1CCC(N(C)CC(=O)O)CC1. The van der Waals surface area contributed by atoms with E-state index in [1.807, 2.05) is 24.1 Å². The van der Waals surface area contributed by atoms with Crippen LogP contribution in [0.25, 0.3) is 0 Å². The highest BCUT2D eigenvalue weighted by Crippen LogP contribution is 2.25. The van der Waals surface area contributed by atoms with Crippen LogP contribution in [0.15, 0.2) is 24.3 Å². The number of hydrogen-bond donors (Lipinski definition) is 1. The van der Waals surface area contributed by atoms with Gasteiger partial charge in [-0.1, -0.05) is 12.1 Å². The number of hydrogen-bond acceptors (Lipinski definition) is 3. The Kier molecular flexibility index (Phi) is 5.31. The maximum Gasteiger partial charge on any atom is 0.317 e. The molecule has 2 rings (SSSR count). The molecule has 1 unspecified atom stereocenters. The Labute approximate surface area is 125 Å². The van der Waals surface area contributed by atoms with E-state index in [9.17, 15) is 9.18 Å². The van der Waals surface area contributed by atoms with Crippen molar-refractivity contribution in [1.29, 1.82) is 0 Å². The number of likely N-dealkylation sites (N-methyl/N-ethyl adjacent to an activating group) is 1. The minimum atomic E-state index is -0.778. The molecular formula is C16H23FN2O2. The molecule has 1 aliphatic rings. The minimum Gasteiger partial charge on any atom is -0.480 e. The highest BCUT2D eigenvalue weighted by molar-refractivity contribution is 5.69. The van der Waals surface area contributed by atoms with Crippen LogP contribution >= 0.6 is 0 Å². The number of rotatable bonds is 5. The van der Waals surface area contributed by atoms with Gasteiger partial charge in [0, 0.05) is 25.2 Å². The zero-order chi connectivity index (χ0) is 15.4. The van der Waals surface area contributed by atoms with Crippen LogP contribution in [0.4, 0.5) is 4.39 Å². The number of aliphatic carboxylic acids is 1. The summed E-state index contributed by atoms with van der Waals surface area (Å²) in [6.45, 7) is 4.10. The van der Waals surface area contributed by atoms with Crippen molar-refractivity contribution in [3.63, 3.8) is 0 Å². The zero-order valence-electron chi connectivity index (χ0n) is 12.6. The fraction of sp³-hybridized carbons (Fsp3) is 0.562. The summed E-state index contributed by atoms with van der Waals surface area (Å²) in [6.07, 6.45) is 1.94. The van der Waals surface area contributed by atoms with Gasteiger partial charge in [-0.2, -0.15) is 0 Å². The number of carboxylic acids is 1. The first-order valence-corrected chi connectivity index (χ1v) is 7.39. The number of carboxylic acid groups (broad SMARTS) is 1. The van der Waals surface area contributed by atoms with E-state index in [1.54, 1.807) is 0 Å². The Morgan fingerprint density at radius 2 is 1.95 bits per heavy atom. The average Bonchev–Trinajstić information content (AvgIpc) is 2.47. The molecule has 0 amide bonds. The molecule has 116 valence electrons. The van der Waals surface area contributed by atoms with Crippen LogP contribution in [0.2, 0.25) is 0 Å². The average molecular weight is 294 g/mol. The Morgan fingerprint density at radius 1 is 1.38 bits per heavy atom. The number of piperidine rings is 1. The largest absolute Gasteiger partial charge is 0.480 e. The standard InChI is InChI=1S/C16H23FN2O2/c1-12(13-3-5-14(17)6-4-13)19-9-7-15(8-10-19)18(2)11-16(20)21/h3-6,12,15H,7-11H2,1-2H3,(H,20,21). The van der Waals surface area contributed by atoms with Gasteiger partial charge in [0.2, 0.25) is 0 Å². The van der Waals surface area contributed by atoms with Crippen LogP contribution < -0.4 is 0 Å². The van der Waals surface area contributed by atoms with E-state index in [4.69, 9.17) is 5.11 Å². The second kappa shape index (κ2) is 7.00. The zero-order valence-corrected chi connectivity index (χ0v) is 12.6. The first-order valence-electron chi connectivity index (χ1n) is 7.39. The highest BCUT2D eigenvalue weighted by Gasteiger charge is 2.26. The first kappa shape index (κ1) is 15.9. The fourth-order valence-electron chi connectivity index (χ4n) is 3.01.